The van der Waals surface area contributed by atoms with E-state index in [1.807, 2.05) is 24.3 Å². The molecule has 0 bridgehead atoms. The predicted octanol–water partition coefficient (Wildman–Crippen LogP) is 2.77. The molecule has 0 atom stereocenters. The van der Waals surface area contributed by atoms with E-state index in [0.29, 0.717) is 17.8 Å². The molecule has 6 nitrogen and oxygen atoms in total. The molecule has 1 amide bonds. The zero-order chi connectivity index (χ0) is 16.7. The van der Waals surface area contributed by atoms with Crippen molar-refractivity contribution in [1.29, 1.82) is 0 Å². The lowest BCUT2D eigenvalue weighted by molar-refractivity contribution is -0.131. The summed E-state index contributed by atoms with van der Waals surface area (Å²) in [6.45, 7) is 3.90. The van der Waals surface area contributed by atoms with Crippen LogP contribution in [0.1, 0.15) is 50.0 Å². The molecular weight excluding hydrogens is 322 g/mol. The van der Waals surface area contributed by atoms with Gasteiger partial charge in [-0.3, -0.25) is 9.20 Å². The van der Waals surface area contributed by atoms with Gasteiger partial charge in [0, 0.05) is 23.8 Å². The fraction of sp³-hybridized carbons (Fsp3) is 0.647. The molecule has 0 N–H and O–H groups in total. The fourth-order valence-electron chi connectivity index (χ4n) is 3.74. The number of aryl methyl sites for hydroxylation is 2. The average molecular weight is 345 g/mol. The van der Waals surface area contributed by atoms with Crippen LogP contribution in [0, 0.1) is 13.8 Å². The Balaban J connectivity index is 1.49. The second-order valence-corrected chi connectivity index (χ2v) is 7.82. The van der Waals surface area contributed by atoms with Gasteiger partial charge in [-0.2, -0.15) is 0 Å². The summed E-state index contributed by atoms with van der Waals surface area (Å²) < 4.78 is 1.93. The Kier molecular flexibility index (Phi) is 4.20. The average Bonchev–Trinajstić information content (AvgIpc) is 3.06. The van der Waals surface area contributed by atoms with Crippen LogP contribution in [0.5, 0.6) is 0 Å². The van der Waals surface area contributed by atoms with Crippen molar-refractivity contribution < 1.29 is 4.79 Å². The molecule has 2 aromatic heterocycles. The normalized spacial score (nSPS) is 18.4. The first-order valence-electron chi connectivity index (χ1n) is 8.77. The van der Waals surface area contributed by atoms with Gasteiger partial charge in [0.15, 0.2) is 10.8 Å². The van der Waals surface area contributed by atoms with Gasteiger partial charge in [0.1, 0.15) is 5.82 Å². The molecule has 0 spiro atoms. The van der Waals surface area contributed by atoms with Gasteiger partial charge in [0.05, 0.1) is 5.75 Å². The monoisotopic (exact) mass is 345 g/mol. The summed E-state index contributed by atoms with van der Waals surface area (Å²) in [5.74, 6) is 1.55. The first kappa shape index (κ1) is 15.9. The molecule has 24 heavy (non-hydrogen) atoms. The third kappa shape index (κ3) is 3.01. The van der Waals surface area contributed by atoms with E-state index in [0.717, 1.165) is 22.3 Å². The van der Waals surface area contributed by atoms with Crippen LogP contribution in [0.25, 0.3) is 5.65 Å². The Morgan fingerprint density at radius 1 is 1.21 bits per heavy atom. The van der Waals surface area contributed by atoms with Gasteiger partial charge in [0.25, 0.3) is 0 Å². The largest absolute Gasteiger partial charge is 0.336 e. The molecule has 2 saturated carbocycles. The van der Waals surface area contributed by atoms with E-state index in [1.54, 1.807) is 0 Å². The van der Waals surface area contributed by atoms with Crippen LogP contribution in [-0.2, 0) is 4.79 Å². The fourth-order valence-corrected chi connectivity index (χ4v) is 4.59. The predicted molar refractivity (Wildman–Crippen MR) is 93.1 cm³/mol. The van der Waals surface area contributed by atoms with Crippen molar-refractivity contribution in [3.63, 3.8) is 0 Å². The highest BCUT2D eigenvalue weighted by atomic mass is 32.2. The van der Waals surface area contributed by atoms with E-state index in [-0.39, 0.29) is 5.91 Å². The number of hydrogen-bond donors (Lipinski definition) is 0. The molecule has 2 fully saturated rings. The van der Waals surface area contributed by atoms with Crippen LogP contribution in [0.2, 0.25) is 0 Å². The zero-order valence-electron chi connectivity index (χ0n) is 14.2. The smallest absolute Gasteiger partial charge is 0.233 e. The second-order valence-electron chi connectivity index (χ2n) is 6.88. The van der Waals surface area contributed by atoms with E-state index >= 15 is 0 Å². The highest BCUT2D eigenvalue weighted by Crippen LogP contribution is 2.35. The van der Waals surface area contributed by atoms with E-state index in [2.05, 4.69) is 20.1 Å². The Labute approximate surface area is 146 Å². The quantitative estimate of drug-likeness (QED) is 0.780. The van der Waals surface area contributed by atoms with Gasteiger partial charge in [-0.15, -0.1) is 10.2 Å². The van der Waals surface area contributed by atoms with Gasteiger partial charge >= 0.3 is 0 Å². The standard InChI is InChI=1S/C17H23N5OS/c1-11-9-15-19-20-17(21(15)12(2)18-11)24-10-16(23)22(14-7-8-14)13-5-3-4-6-13/h9,13-14H,3-8,10H2,1-2H3. The summed E-state index contributed by atoms with van der Waals surface area (Å²) in [5.41, 5.74) is 1.73. The Morgan fingerprint density at radius 3 is 2.62 bits per heavy atom. The third-order valence-electron chi connectivity index (χ3n) is 4.93. The minimum atomic E-state index is 0.254. The minimum absolute atomic E-state index is 0.254. The van der Waals surface area contributed by atoms with Crippen LogP contribution in [0.15, 0.2) is 11.2 Å². The molecule has 7 heteroatoms. The van der Waals surface area contributed by atoms with Gasteiger partial charge in [0.2, 0.25) is 5.91 Å². The molecule has 2 aromatic rings. The maximum Gasteiger partial charge on any atom is 0.233 e. The van der Waals surface area contributed by atoms with Gasteiger partial charge in [-0.25, -0.2) is 4.98 Å². The summed E-state index contributed by atoms with van der Waals surface area (Å²) >= 11 is 1.48. The van der Waals surface area contributed by atoms with Crippen molar-refractivity contribution >= 4 is 23.3 Å². The van der Waals surface area contributed by atoms with Crippen molar-refractivity contribution in [3.8, 4) is 0 Å². The first-order valence-corrected chi connectivity index (χ1v) is 9.75. The number of fused-ring (bicyclic) bond motifs is 1. The molecule has 4 rings (SSSR count). The minimum Gasteiger partial charge on any atom is -0.336 e. The van der Waals surface area contributed by atoms with Crippen molar-refractivity contribution in [3.05, 3.63) is 17.6 Å². The van der Waals surface area contributed by atoms with Crippen molar-refractivity contribution in [2.24, 2.45) is 0 Å². The van der Waals surface area contributed by atoms with Crippen molar-refractivity contribution in [2.75, 3.05) is 5.75 Å². The second kappa shape index (κ2) is 6.35. The lowest BCUT2D eigenvalue weighted by Crippen LogP contribution is -2.41. The number of carbonyl (C=O) groups excluding carboxylic acids is 1. The Morgan fingerprint density at radius 2 is 1.92 bits per heavy atom. The Hall–Kier alpha value is -1.63. The van der Waals surface area contributed by atoms with Crippen LogP contribution in [-0.4, -0.2) is 48.2 Å². The molecule has 2 aliphatic rings. The molecule has 0 aromatic carbocycles. The lowest BCUT2D eigenvalue weighted by atomic mass is 10.2. The number of carbonyl (C=O) groups is 1. The lowest BCUT2D eigenvalue weighted by Gasteiger charge is -2.29. The summed E-state index contributed by atoms with van der Waals surface area (Å²) in [6.07, 6.45) is 7.19. The SMILES string of the molecule is Cc1cc2nnc(SCC(=O)N(C3CCCC3)C3CC3)n2c(C)n1. The van der Waals surface area contributed by atoms with Gasteiger partial charge < -0.3 is 4.90 Å². The van der Waals surface area contributed by atoms with Gasteiger partial charge in [-0.05, 0) is 39.5 Å². The molecule has 0 saturated heterocycles. The Bertz CT molecular complexity index is 764. The summed E-state index contributed by atoms with van der Waals surface area (Å²) in [4.78, 5) is 19.5. The number of rotatable bonds is 5. The topological polar surface area (TPSA) is 63.4 Å². The number of hydrogen-bond acceptors (Lipinski definition) is 5. The molecule has 0 aliphatic heterocycles. The van der Waals surface area contributed by atoms with Crippen molar-refractivity contribution in [1.82, 2.24) is 24.5 Å². The van der Waals surface area contributed by atoms with Crippen molar-refractivity contribution in [2.45, 2.75) is 69.6 Å². The number of thioether (sulfide) groups is 1. The molecule has 0 radical (unpaired) electrons. The molecule has 2 aliphatic carbocycles. The number of nitrogens with zero attached hydrogens (tertiary/aromatic N) is 5. The van der Waals surface area contributed by atoms with Crippen LogP contribution >= 0.6 is 11.8 Å². The molecule has 128 valence electrons. The summed E-state index contributed by atoms with van der Waals surface area (Å²) in [6, 6.07) is 2.87. The van der Waals surface area contributed by atoms with Gasteiger partial charge in [-0.1, -0.05) is 24.6 Å². The van der Waals surface area contributed by atoms with Crippen LogP contribution in [0.3, 0.4) is 0 Å². The van der Waals surface area contributed by atoms with E-state index < -0.39 is 0 Å². The number of aromatic nitrogens is 4. The summed E-state index contributed by atoms with van der Waals surface area (Å²) in [5, 5.41) is 9.22. The molecule has 0 unspecified atom stereocenters. The zero-order valence-corrected chi connectivity index (χ0v) is 15.1. The van der Waals surface area contributed by atoms with E-state index in [1.165, 1.54) is 50.3 Å². The third-order valence-corrected chi connectivity index (χ3v) is 5.84. The maximum absolute atomic E-state index is 12.8. The number of amides is 1. The summed E-state index contributed by atoms with van der Waals surface area (Å²) in [7, 11) is 0. The molecular formula is C17H23N5OS. The highest BCUT2D eigenvalue weighted by molar-refractivity contribution is 7.99. The van der Waals surface area contributed by atoms with E-state index in [9.17, 15) is 4.79 Å². The van der Waals surface area contributed by atoms with E-state index in [4.69, 9.17) is 0 Å². The highest BCUT2D eigenvalue weighted by Gasteiger charge is 2.38. The molecule has 2 heterocycles. The van der Waals surface area contributed by atoms with Crippen LogP contribution in [0.4, 0.5) is 0 Å². The van der Waals surface area contributed by atoms with Crippen LogP contribution < -0.4 is 0 Å². The first-order chi connectivity index (χ1) is 11.6. The maximum atomic E-state index is 12.8.